The number of nitrogens with one attached hydrogen (secondary N) is 1. The Bertz CT molecular complexity index is 566. The van der Waals surface area contributed by atoms with Gasteiger partial charge in [-0.2, -0.15) is 24.9 Å². The van der Waals surface area contributed by atoms with Crippen LogP contribution in [0.3, 0.4) is 0 Å². The first kappa shape index (κ1) is 16.7. The molecule has 0 bridgehead atoms. The molecule has 0 atom stereocenters. The van der Waals surface area contributed by atoms with E-state index in [1.54, 1.807) is 11.8 Å². The molecule has 1 amide bonds. The summed E-state index contributed by atoms with van der Waals surface area (Å²) in [5, 5.41) is 11.8. The number of carbonyl (C=O) groups is 2. The van der Waals surface area contributed by atoms with Crippen molar-refractivity contribution >= 4 is 23.6 Å². The molecule has 1 heterocycles. The number of hydrogen-bond donors (Lipinski definition) is 2. The lowest BCUT2D eigenvalue weighted by molar-refractivity contribution is -0.144. The molecule has 2 N–H and O–H groups in total. The van der Waals surface area contributed by atoms with E-state index in [1.165, 1.54) is 0 Å². The zero-order chi connectivity index (χ0) is 16.4. The normalized spacial score (nSPS) is 17.8. The lowest BCUT2D eigenvalue weighted by Gasteiger charge is -2.33. The van der Waals surface area contributed by atoms with Crippen LogP contribution in [0.25, 0.3) is 0 Å². The van der Waals surface area contributed by atoms with E-state index in [0.29, 0.717) is 24.3 Å². The Kier molecular flexibility index (Phi) is 4.69. The highest BCUT2D eigenvalue weighted by molar-refractivity contribution is 7.99. The van der Waals surface area contributed by atoms with Gasteiger partial charge in [-0.05, 0) is 48.6 Å². The minimum absolute atomic E-state index is 0.00634. The molecule has 4 nitrogen and oxygen atoms in total. The lowest BCUT2D eigenvalue weighted by atomic mass is 9.91. The van der Waals surface area contributed by atoms with Crippen molar-refractivity contribution in [2.75, 3.05) is 11.5 Å². The second-order valence-corrected chi connectivity index (χ2v) is 6.25. The number of rotatable bonds is 3. The van der Waals surface area contributed by atoms with E-state index in [4.69, 9.17) is 0 Å². The largest absolute Gasteiger partial charge is 0.480 e. The first-order chi connectivity index (χ1) is 10.2. The molecule has 2 rings (SSSR count). The average molecular weight is 333 g/mol. The van der Waals surface area contributed by atoms with Gasteiger partial charge in [0.25, 0.3) is 5.91 Å². The van der Waals surface area contributed by atoms with Crippen molar-refractivity contribution < 1.29 is 27.9 Å². The van der Waals surface area contributed by atoms with E-state index in [2.05, 4.69) is 5.32 Å². The third-order valence-corrected chi connectivity index (χ3v) is 4.57. The molecule has 0 spiro atoms. The lowest BCUT2D eigenvalue weighted by Crippen LogP contribution is -2.56. The molecule has 8 heteroatoms. The number of carbonyl (C=O) groups excluding carboxylic acids is 1. The molecule has 1 aromatic rings. The van der Waals surface area contributed by atoms with Gasteiger partial charge in [0.1, 0.15) is 5.54 Å². The number of amides is 1. The Labute approximate surface area is 129 Å². The van der Waals surface area contributed by atoms with Crippen molar-refractivity contribution in [1.29, 1.82) is 0 Å². The topological polar surface area (TPSA) is 66.4 Å². The zero-order valence-electron chi connectivity index (χ0n) is 11.4. The van der Waals surface area contributed by atoms with Crippen molar-refractivity contribution in [3.05, 3.63) is 35.4 Å². The highest BCUT2D eigenvalue weighted by atomic mass is 32.2. The Morgan fingerprint density at radius 1 is 1.14 bits per heavy atom. The molecule has 120 valence electrons. The summed E-state index contributed by atoms with van der Waals surface area (Å²) in [6, 6.07) is 3.70. The van der Waals surface area contributed by atoms with Gasteiger partial charge in [0, 0.05) is 5.56 Å². The van der Waals surface area contributed by atoms with Crippen LogP contribution >= 0.6 is 11.8 Å². The second-order valence-electron chi connectivity index (χ2n) is 5.03. The molecule has 1 aliphatic heterocycles. The molecule has 1 fully saturated rings. The fraction of sp³-hybridized carbons (Fsp3) is 0.429. The SMILES string of the molecule is O=C(NC1(C(=O)O)CCSCC1)c1ccc(C(F)(F)F)cc1. The summed E-state index contributed by atoms with van der Waals surface area (Å²) in [5.74, 6) is -0.574. The predicted molar refractivity (Wildman–Crippen MR) is 75.8 cm³/mol. The number of benzene rings is 1. The summed E-state index contributed by atoms with van der Waals surface area (Å²) in [4.78, 5) is 23.6. The number of carboxylic acids is 1. The maximum Gasteiger partial charge on any atom is 0.416 e. The summed E-state index contributed by atoms with van der Waals surface area (Å²) in [6.07, 6.45) is -3.89. The second kappa shape index (κ2) is 6.20. The number of aliphatic carboxylic acids is 1. The van der Waals surface area contributed by atoms with E-state index >= 15 is 0 Å². The van der Waals surface area contributed by atoms with Crippen LogP contribution in [0.4, 0.5) is 13.2 Å². The van der Waals surface area contributed by atoms with Crippen LogP contribution in [-0.4, -0.2) is 34.0 Å². The van der Waals surface area contributed by atoms with E-state index in [-0.39, 0.29) is 5.56 Å². The number of halogens is 3. The molecular weight excluding hydrogens is 319 g/mol. The molecule has 0 aromatic heterocycles. The minimum atomic E-state index is -4.47. The number of alkyl halides is 3. The number of carboxylic acid groups (broad SMARTS) is 1. The predicted octanol–water partition coefficient (Wildman–Crippen LogP) is 2.79. The van der Waals surface area contributed by atoms with Crippen LogP contribution in [0.15, 0.2) is 24.3 Å². The van der Waals surface area contributed by atoms with Crippen LogP contribution in [0.2, 0.25) is 0 Å². The monoisotopic (exact) mass is 333 g/mol. The first-order valence-corrected chi connectivity index (χ1v) is 7.71. The number of thioether (sulfide) groups is 1. The van der Waals surface area contributed by atoms with Crippen molar-refractivity contribution in [3.63, 3.8) is 0 Å². The van der Waals surface area contributed by atoms with Gasteiger partial charge in [-0.3, -0.25) is 4.79 Å². The highest BCUT2D eigenvalue weighted by Gasteiger charge is 2.41. The van der Waals surface area contributed by atoms with Crippen LogP contribution in [0.5, 0.6) is 0 Å². The molecule has 1 saturated heterocycles. The molecule has 0 unspecified atom stereocenters. The molecular formula is C14H14F3NO3S. The maximum atomic E-state index is 12.5. The van der Waals surface area contributed by atoms with Gasteiger partial charge in [-0.25, -0.2) is 4.79 Å². The van der Waals surface area contributed by atoms with E-state index in [9.17, 15) is 27.9 Å². The molecule has 0 saturated carbocycles. The minimum Gasteiger partial charge on any atom is -0.480 e. The Morgan fingerprint density at radius 3 is 2.14 bits per heavy atom. The molecule has 1 aromatic carbocycles. The Balaban J connectivity index is 2.15. The van der Waals surface area contributed by atoms with Gasteiger partial charge in [0.15, 0.2) is 0 Å². The molecule has 0 radical (unpaired) electrons. The van der Waals surface area contributed by atoms with Gasteiger partial charge in [-0.15, -0.1) is 0 Å². The average Bonchev–Trinajstić information content (AvgIpc) is 2.47. The fourth-order valence-corrected chi connectivity index (χ4v) is 3.40. The summed E-state index contributed by atoms with van der Waals surface area (Å²) in [6.45, 7) is 0. The molecule has 22 heavy (non-hydrogen) atoms. The summed E-state index contributed by atoms with van der Waals surface area (Å²) in [7, 11) is 0. The van der Waals surface area contributed by atoms with Gasteiger partial charge < -0.3 is 10.4 Å². The quantitative estimate of drug-likeness (QED) is 0.893. The van der Waals surface area contributed by atoms with Crippen LogP contribution in [-0.2, 0) is 11.0 Å². The highest BCUT2D eigenvalue weighted by Crippen LogP contribution is 2.30. The van der Waals surface area contributed by atoms with Crippen LogP contribution in [0, 0.1) is 0 Å². The maximum absolute atomic E-state index is 12.5. The number of hydrogen-bond acceptors (Lipinski definition) is 3. The van der Waals surface area contributed by atoms with Crippen LogP contribution in [0.1, 0.15) is 28.8 Å². The van der Waals surface area contributed by atoms with E-state index in [1.807, 2.05) is 0 Å². The van der Waals surface area contributed by atoms with Gasteiger partial charge in [0.05, 0.1) is 5.56 Å². The van der Waals surface area contributed by atoms with Crippen LogP contribution < -0.4 is 5.32 Å². The summed E-state index contributed by atoms with van der Waals surface area (Å²) < 4.78 is 37.4. The zero-order valence-corrected chi connectivity index (χ0v) is 12.3. The standard InChI is InChI=1S/C14H14F3NO3S/c15-14(16,17)10-3-1-9(2-4-10)11(19)18-13(12(20)21)5-7-22-8-6-13/h1-4H,5-8H2,(H,18,19)(H,20,21). The Hall–Kier alpha value is -1.70. The first-order valence-electron chi connectivity index (χ1n) is 6.55. The Morgan fingerprint density at radius 2 is 1.68 bits per heavy atom. The van der Waals surface area contributed by atoms with E-state index in [0.717, 1.165) is 24.3 Å². The van der Waals surface area contributed by atoms with Crippen molar-refractivity contribution in [3.8, 4) is 0 Å². The van der Waals surface area contributed by atoms with Crippen molar-refractivity contribution in [1.82, 2.24) is 5.32 Å². The van der Waals surface area contributed by atoms with E-state index < -0.39 is 29.2 Å². The third-order valence-electron chi connectivity index (χ3n) is 3.58. The van der Waals surface area contributed by atoms with Gasteiger partial charge in [-0.1, -0.05) is 0 Å². The smallest absolute Gasteiger partial charge is 0.416 e. The van der Waals surface area contributed by atoms with Gasteiger partial charge in [0.2, 0.25) is 0 Å². The summed E-state index contributed by atoms with van der Waals surface area (Å²) >= 11 is 1.60. The fourth-order valence-electron chi connectivity index (χ4n) is 2.21. The van der Waals surface area contributed by atoms with Crippen molar-refractivity contribution in [2.24, 2.45) is 0 Å². The van der Waals surface area contributed by atoms with Crippen molar-refractivity contribution in [2.45, 2.75) is 24.6 Å². The van der Waals surface area contributed by atoms with Gasteiger partial charge >= 0.3 is 12.1 Å². The summed E-state index contributed by atoms with van der Waals surface area (Å²) in [5.41, 5.74) is -2.19. The molecule has 1 aliphatic rings. The third kappa shape index (κ3) is 3.55. The molecule has 0 aliphatic carbocycles.